The van der Waals surface area contributed by atoms with Crippen LogP contribution in [-0.2, 0) is 65.4 Å². The van der Waals surface area contributed by atoms with E-state index in [4.69, 9.17) is 37.0 Å². The van der Waals surface area contributed by atoms with Crippen molar-refractivity contribution in [3.8, 4) is 0 Å². The first-order chi connectivity index (χ1) is 46.7. The lowest BCUT2D eigenvalue weighted by molar-refractivity contribution is -0.161. The minimum Gasteiger partial charge on any atom is -0.462 e. The van der Waals surface area contributed by atoms with Crippen LogP contribution in [0.15, 0.2) is 122 Å². The molecule has 5 atom stereocenters. The summed E-state index contributed by atoms with van der Waals surface area (Å²) in [4.78, 5) is 72.6. The van der Waals surface area contributed by atoms with E-state index < -0.39 is 97.5 Å². The maximum absolute atomic E-state index is 13.0. The van der Waals surface area contributed by atoms with Crippen LogP contribution in [0.4, 0.5) is 0 Å². The monoisotopic (exact) mass is 1390 g/mol. The van der Waals surface area contributed by atoms with Crippen LogP contribution in [0, 0.1) is 0 Å². The molecule has 0 aliphatic carbocycles. The largest absolute Gasteiger partial charge is 0.472 e. The van der Waals surface area contributed by atoms with Crippen molar-refractivity contribution in [3.05, 3.63) is 122 Å². The minimum atomic E-state index is -4.99. The molecule has 0 amide bonds. The average Bonchev–Trinajstić information content (AvgIpc) is 1.09. The van der Waals surface area contributed by atoms with Gasteiger partial charge in [-0.15, -0.1) is 0 Å². The number of allylic oxidation sites excluding steroid dienone is 19. The molecule has 0 aliphatic rings. The summed E-state index contributed by atoms with van der Waals surface area (Å²) in [5.41, 5.74) is 0. The Morgan fingerprint density at radius 1 is 0.312 bits per heavy atom. The van der Waals surface area contributed by atoms with Crippen molar-refractivity contribution >= 4 is 39.5 Å². The molecule has 0 rings (SSSR count). The van der Waals surface area contributed by atoms with Crippen LogP contribution in [0.2, 0.25) is 0 Å². The number of carbonyl (C=O) groups is 4. The van der Waals surface area contributed by atoms with Crippen LogP contribution in [0.5, 0.6) is 0 Å². The second-order valence-corrected chi connectivity index (χ2v) is 27.0. The number of ether oxygens (including phenoxy) is 4. The van der Waals surface area contributed by atoms with E-state index >= 15 is 0 Å². The molecule has 0 heterocycles. The third-order valence-corrected chi connectivity index (χ3v) is 16.9. The number of aliphatic hydroxyl groups is 1. The zero-order valence-corrected chi connectivity index (χ0v) is 61.5. The van der Waals surface area contributed by atoms with Gasteiger partial charge in [-0.3, -0.25) is 37.3 Å². The van der Waals surface area contributed by atoms with Crippen LogP contribution in [-0.4, -0.2) is 96.7 Å². The summed E-state index contributed by atoms with van der Waals surface area (Å²) in [7, 11) is -9.98. The molecule has 17 nitrogen and oxygen atoms in total. The van der Waals surface area contributed by atoms with Gasteiger partial charge in [-0.25, -0.2) is 9.13 Å². The van der Waals surface area contributed by atoms with Crippen LogP contribution < -0.4 is 0 Å². The standard InChI is InChI=1S/C77H130O17P2/c1-5-9-13-17-21-25-29-32-35-38-42-45-49-53-57-61-74(79)87-67-72(93-76(81)63-59-55-51-47-41-28-24-20-16-12-8-4)69-91-95(83,84)89-65-71(78)66-90-96(85,86)92-70-73(94-77(82)64-60-56-52-48-44-40-37-34-31-27-23-19-15-11-7-3)68-88-75(80)62-58-54-50-46-43-39-36-33-30-26-22-18-14-10-6-2/h9-10,13-14,20-22,24-26,32-33,35-36,42-43,45-46,54,58,71-73,78H,5-8,11-12,15-19,23,27-31,34,37-41,44,47-53,55-57,59-70H2,1-4H3,(H,83,84)(H,85,86)/b13-9-,14-10-,24-20-,25-21-,26-22-,35-32-,36-33-,45-42-,46-43-,58-54-. The number of carbonyl (C=O) groups excluding carboxylic acids is 4. The lowest BCUT2D eigenvalue weighted by Crippen LogP contribution is -2.30. The number of aliphatic hydroxyl groups excluding tert-OH is 1. The van der Waals surface area contributed by atoms with Crippen molar-refractivity contribution in [2.45, 2.75) is 303 Å². The van der Waals surface area contributed by atoms with E-state index in [1.54, 1.807) is 6.08 Å². The van der Waals surface area contributed by atoms with Crippen molar-refractivity contribution in [1.29, 1.82) is 0 Å². The van der Waals surface area contributed by atoms with Gasteiger partial charge in [-0.1, -0.05) is 271 Å². The van der Waals surface area contributed by atoms with Gasteiger partial charge in [0.1, 0.15) is 19.3 Å². The molecule has 550 valence electrons. The number of hydrogen-bond acceptors (Lipinski definition) is 15. The fourth-order valence-corrected chi connectivity index (χ4v) is 11.0. The molecule has 0 fully saturated rings. The summed E-state index contributed by atoms with van der Waals surface area (Å²) in [6, 6.07) is 0. The molecule has 0 aromatic carbocycles. The minimum absolute atomic E-state index is 0.0713. The molecule has 0 aliphatic heterocycles. The van der Waals surface area contributed by atoms with E-state index in [0.717, 1.165) is 128 Å². The SMILES string of the molecule is CC/C=C\C/C=C\C/C=C\C/C=C\C/C=C\CC(=O)OCC(COP(=O)(O)OCC(O)COP(=O)(O)OCC(COC(=O)CCCC/C=C\C/C=C\C/C=C\C/C=C\CC)OC(=O)CCCCCCC/C=C\CCCC)OC(=O)CCCCCCCCCCCCCCCCC. The highest BCUT2D eigenvalue weighted by molar-refractivity contribution is 7.47. The Morgan fingerprint density at radius 3 is 0.990 bits per heavy atom. The molecule has 0 saturated carbocycles. The highest BCUT2D eigenvalue weighted by Gasteiger charge is 2.30. The first kappa shape index (κ1) is 91.5. The number of phosphoric acid groups is 2. The van der Waals surface area contributed by atoms with Gasteiger partial charge in [0.15, 0.2) is 12.2 Å². The van der Waals surface area contributed by atoms with E-state index in [9.17, 15) is 43.2 Å². The van der Waals surface area contributed by atoms with Crippen molar-refractivity contribution < 1.29 is 80.2 Å². The van der Waals surface area contributed by atoms with E-state index in [0.29, 0.717) is 25.7 Å². The van der Waals surface area contributed by atoms with Crippen LogP contribution in [0.3, 0.4) is 0 Å². The molecule has 0 aromatic rings. The quantitative estimate of drug-likeness (QED) is 0.0169. The van der Waals surface area contributed by atoms with Crippen molar-refractivity contribution in [1.82, 2.24) is 0 Å². The van der Waals surface area contributed by atoms with Gasteiger partial charge in [0.05, 0.1) is 32.8 Å². The highest BCUT2D eigenvalue weighted by atomic mass is 31.2. The number of unbranched alkanes of at least 4 members (excludes halogenated alkanes) is 23. The number of hydrogen-bond donors (Lipinski definition) is 3. The first-order valence-electron chi connectivity index (χ1n) is 36.8. The smallest absolute Gasteiger partial charge is 0.462 e. The average molecular weight is 1390 g/mol. The lowest BCUT2D eigenvalue weighted by Gasteiger charge is -2.21. The fourth-order valence-electron chi connectivity index (χ4n) is 9.38. The lowest BCUT2D eigenvalue weighted by atomic mass is 10.0. The summed E-state index contributed by atoms with van der Waals surface area (Å²) in [5, 5.41) is 10.6. The molecule has 19 heteroatoms. The Kier molecular flexibility index (Phi) is 65.7. The zero-order valence-electron chi connectivity index (χ0n) is 59.8. The molecular formula is C77H130O17P2. The molecule has 0 bridgehead atoms. The van der Waals surface area contributed by atoms with Crippen molar-refractivity contribution in [2.75, 3.05) is 39.6 Å². The third kappa shape index (κ3) is 68.0. The van der Waals surface area contributed by atoms with Crippen LogP contribution >= 0.6 is 15.6 Å². The number of rotatable bonds is 68. The second-order valence-electron chi connectivity index (χ2n) is 24.1. The number of phosphoric ester groups is 2. The maximum Gasteiger partial charge on any atom is 0.472 e. The predicted octanol–water partition coefficient (Wildman–Crippen LogP) is 20.8. The van der Waals surface area contributed by atoms with Gasteiger partial charge in [0, 0.05) is 19.3 Å². The fraction of sp³-hybridized carbons (Fsp3) is 0.688. The van der Waals surface area contributed by atoms with Gasteiger partial charge < -0.3 is 33.8 Å². The Balaban J connectivity index is 5.42. The number of esters is 4. The van der Waals surface area contributed by atoms with Crippen molar-refractivity contribution in [2.24, 2.45) is 0 Å². The van der Waals surface area contributed by atoms with Gasteiger partial charge >= 0.3 is 39.5 Å². The van der Waals surface area contributed by atoms with Gasteiger partial charge in [0.25, 0.3) is 0 Å². The Morgan fingerprint density at radius 2 is 0.594 bits per heavy atom. The maximum atomic E-state index is 13.0. The summed E-state index contributed by atoms with van der Waals surface area (Å²) < 4.78 is 68.2. The summed E-state index contributed by atoms with van der Waals surface area (Å²) >= 11 is 0. The van der Waals surface area contributed by atoms with Gasteiger partial charge in [-0.05, 0) is 109 Å². The molecule has 0 saturated heterocycles. The highest BCUT2D eigenvalue weighted by Crippen LogP contribution is 2.45. The normalized spacial score (nSPS) is 14.7. The predicted molar refractivity (Wildman–Crippen MR) is 390 cm³/mol. The third-order valence-electron chi connectivity index (χ3n) is 15.0. The summed E-state index contributed by atoms with van der Waals surface area (Å²) in [6.45, 7) is 4.43. The topological polar surface area (TPSA) is 237 Å². The van der Waals surface area contributed by atoms with Gasteiger partial charge in [0.2, 0.25) is 0 Å². The summed E-state index contributed by atoms with van der Waals surface area (Å²) in [5.74, 6) is -2.38. The molecule has 0 spiro atoms. The van der Waals surface area contributed by atoms with Crippen LogP contribution in [0.1, 0.15) is 285 Å². The molecular weight excluding hydrogens is 1260 g/mol. The molecule has 0 radical (unpaired) electrons. The molecule has 3 N–H and O–H groups in total. The molecule has 5 unspecified atom stereocenters. The first-order valence-corrected chi connectivity index (χ1v) is 39.8. The van der Waals surface area contributed by atoms with E-state index in [2.05, 4.69) is 125 Å². The Labute approximate surface area is 581 Å². The molecule has 0 aromatic heterocycles. The Bertz CT molecular complexity index is 2300. The zero-order chi connectivity index (χ0) is 70.4. The van der Waals surface area contributed by atoms with Gasteiger partial charge in [-0.2, -0.15) is 0 Å². The molecule has 96 heavy (non-hydrogen) atoms. The second kappa shape index (κ2) is 69.0. The van der Waals surface area contributed by atoms with Crippen LogP contribution in [0.25, 0.3) is 0 Å². The van der Waals surface area contributed by atoms with Crippen molar-refractivity contribution in [3.63, 3.8) is 0 Å². The van der Waals surface area contributed by atoms with E-state index in [-0.39, 0.29) is 25.7 Å². The Hall–Kier alpha value is -4.54. The van der Waals surface area contributed by atoms with E-state index in [1.165, 1.54) is 77.0 Å². The summed E-state index contributed by atoms with van der Waals surface area (Å²) in [6.07, 6.45) is 73.8. The van der Waals surface area contributed by atoms with E-state index in [1.807, 2.05) is 18.2 Å².